The number of aromatic nitrogens is 2. The number of aryl methyl sites for hydroxylation is 3. The Kier molecular flexibility index (Phi) is 5.21. The Morgan fingerprint density at radius 1 is 1.04 bits per heavy atom. The van der Waals surface area contributed by atoms with Gasteiger partial charge in [0.25, 0.3) is 5.91 Å². The van der Waals surface area contributed by atoms with Gasteiger partial charge in [0.1, 0.15) is 0 Å². The summed E-state index contributed by atoms with van der Waals surface area (Å²) in [6, 6.07) is 16.1. The van der Waals surface area contributed by atoms with Crippen LogP contribution in [-0.2, 0) is 6.42 Å². The van der Waals surface area contributed by atoms with E-state index < -0.39 is 0 Å². The lowest BCUT2D eigenvalue weighted by Gasteiger charge is -2.21. The first-order valence-electron chi connectivity index (χ1n) is 8.88. The molecule has 3 rings (SSSR count). The predicted octanol–water partition coefficient (Wildman–Crippen LogP) is 4.11. The van der Waals surface area contributed by atoms with Crippen LogP contribution in [0.1, 0.15) is 33.0 Å². The quantitative estimate of drug-likeness (QED) is 0.696. The van der Waals surface area contributed by atoms with Gasteiger partial charge in [-0.05, 0) is 57.2 Å². The normalized spacial score (nSPS) is 10.8. The SMILES string of the molecule is Cc1ccc(-n2c(C)ccc2C)c(C(=O)N(C)CCc2ccccn2)c1. The van der Waals surface area contributed by atoms with Crippen molar-refractivity contribution in [2.45, 2.75) is 27.2 Å². The highest BCUT2D eigenvalue weighted by Gasteiger charge is 2.18. The van der Waals surface area contributed by atoms with Gasteiger partial charge in [0, 0.05) is 43.3 Å². The van der Waals surface area contributed by atoms with Crippen LogP contribution in [0.25, 0.3) is 5.69 Å². The van der Waals surface area contributed by atoms with E-state index in [1.54, 1.807) is 11.1 Å². The van der Waals surface area contributed by atoms with Crippen LogP contribution in [0.2, 0.25) is 0 Å². The third-order valence-electron chi connectivity index (χ3n) is 4.67. The number of carbonyl (C=O) groups excluding carboxylic acids is 1. The van der Waals surface area contributed by atoms with E-state index in [-0.39, 0.29) is 5.91 Å². The van der Waals surface area contributed by atoms with Crippen LogP contribution in [0.15, 0.2) is 54.7 Å². The van der Waals surface area contributed by atoms with Gasteiger partial charge in [-0.25, -0.2) is 0 Å². The second-order valence-corrected chi connectivity index (χ2v) is 6.77. The van der Waals surface area contributed by atoms with E-state index >= 15 is 0 Å². The largest absolute Gasteiger partial charge is 0.341 e. The highest BCUT2D eigenvalue weighted by atomic mass is 16.2. The lowest BCUT2D eigenvalue weighted by Crippen LogP contribution is -2.30. The Balaban J connectivity index is 1.88. The Morgan fingerprint density at radius 3 is 2.42 bits per heavy atom. The molecule has 0 radical (unpaired) electrons. The molecule has 4 heteroatoms. The summed E-state index contributed by atoms with van der Waals surface area (Å²) >= 11 is 0. The first-order valence-corrected chi connectivity index (χ1v) is 8.88. The van der Waals surface area contributed by atoms with Gasteiger partial charge in [-0.15, -0.1) is 0 Å². The molecular weight excluding hydrogens is 322 g/mol. The molecule has 1 aromatic carbocycles. The second kappa shape index (κ2) is 7.56. The summed E-state index contributed by atoms with van der Waals surface area (Å²) in [4.78, 5) is 19.3. The molecule has 134 valence electrons. The molecule has 0 saturated carbocycles. The number of carbonyl (C=O) groups is 1. The average molecular weight is 347 g/mol. The highest BCUT2D eigenvalue weighted by Crippen LogP contribution is 2.23. The van der Waals surface area contributed by atoms with Gasteiger partial charge in [0.15, 0.2) is 0 Å². The fourth-order valence-electron chi connectivity index (χ4n) is 3.20. The number of pyridine rings is 1. The molecular formula is C22H25N3O. The van der Waals surface area contributed by atoms with E-state index in [4.69, 9.17) is 0 Å². The van der Waals surface area contributed by atoms with Crippen LogP contribution >= 0.6 is 0 Å². The molecule has 4 nitrogen and oxygen atoms in total. The lowest BCUT2D eigenvalue weighted by atomic mass is 10.1. The van der Waals surface area contributed by atoms with Crippen molar-refractivity contribution < 1.29 is 4.79 Å². The standard InChI is InChI=1S/C22H25N3O/c1-16-8-11-21(25-17(2)9-10-18(25)3)20(15-16)22(26)24(4)14-12-19-7-5-6-13-23-19/h5-11,13,15H,12,14H2,1-4H3. The molecule has 0 spiro atoms. The summed E-state index contributed by atoms with van der Waals surface area (Å²) in [7, 11) is 1.85. The third kappa shape index (κ3) is 3.69. The van der Waals surface area contributed by atoms with Crippen LogP contribution in [-0.4, -0.2) is 34.0 Å². The monoisotopic (exact) mass is 347 g/mol. The number of likely N-dealkylation sites (N-methyl/N-ethyl adjacent to an activating group) is 1. The Hall–Kier alpha value is -2.88. The number of benzene rings is 1. The molecule has 2 aromatic heterocycles. The van der Waals surface area contributed by atoms with E-state index in [2.05, 4.69) is 41.6 Å². The van der Waals surface area contributed by atoms with Gasteiger partial charge in [0.2, 0.25) is 0 Å². The van der Waals surface area contributed by atoms with Gasteiger partial charge >= 0.3 is 0 Å². The number of amides is 1. The smallest absolute Gasteiger partial charge is 0.255 e. The molecule has 0 N–H and O–H groups in total. The van der Waals surface area contributed by atoms with Gasteiger partial charge < -0.3 is 9.47 Å². The zero-order valence-electron chi connectivity index (χ0n) is 15.9. The minimum atomic E-state index is 0.0344. The minimum absolute atomic E-state index is 0.0344. The number of nitrogens with zero attached hydrogens (tertiary/aromatic N) is 3. The summed E-state index contributed by atoms with van der Waals surface area (Å²) in [6.45, 7) is 6.77. The number of hydrogen-bond donors (Lipinski definition) is 0. The average Bonchev–Trinajstić information content (AvgIpc) is 2.98. The van der Waals surface area contributed by atoms with Crippen molar-refractivity contribution in [2.24, 2.45) is 0 Å². The molecule has 0 unspecified atom stereocenters. The van der Waals surface area contributed by atoms with Crippen LogP contribution < -0.4 is 0 Å². The van der Waals surface area contributed by atoms with E-state index in [1.165, 1.54) is 0 Å². The fourth-order valence-corrected chi connectivity index (χ4v) is 3.20. The summed E-state index contributed by atoms with van der Waals surface area (Å²) in [5.41, 5.74) is 5.99. The predicted molar refractivity (Wildman–Crippen MR) is 105 cm³/mol. The van der Waals surface area contributed by atoms with Crippen molar-refractivity contribution in [3.8, 4) is 5.69 Å². The van der Waals surface area contributed by atoms with Gasteiger partial charge in [0.05, 0.1) is 11.3 Å². The molecule has 0 fully saturated rings. The molecule has 0 aliphatic heterocycles. The van der Waals surface area contributed by atoms with Crippen LogP contribution in [0.5, 0.6) is 0 Å². The molecule has 0 aliphatic rings. The Bertz CT molecular complexity index is 893. The van der Waals surface area contributed by atoms with E-state index in [0.29, 0.717) is 6.54 Å². The van der Waals surface area contributed by atoms with Crippen LogP contribution in [0, 0.1) is 20.8 Å². The van der Waals surface area contributed by atoms with E-state index in [9.17, 15) is 4.79 Å². The van der Waals surface area contributed by atoms with Gasteiger partial charge in [-0.2, -0.15) is 0 Å². The van der Waals surface area contributed by atoms with Crippen molar-refractivity contribution in [2.75, 3.05) is 13.6 Å². The number of hydrogen-bond acceptors (Lipinski definition) is 2. The van der Waals surface area contributed by atoms with Gasteiger partial charge in [-0.1, -0.05) is 17.7 Å². The molecule has 3 aromatic rings. The van der Waals surface area contributed by atoms with Gasteiger partial charge in [-0.3, -0.25) is 9.78 Å². The highest BCUT2D eigenvalue weighted by molar-refractivity contribution is 5.98. The first kappa shape index (κ1) is 17.9. The van der Waals surface area contributed by atoms with Crippen molar-refractivity contribution >= 4 is 5.91 Å². The van der Waals surface area contributed by atoms with Crippen molar-refractivity contribution in [1.82, 2.24) is 14.5 Å². The van der Waals surface area contributed by atoms with Crippen LogP contribution in [0.3, 0.4) is 0 Å². The Labute approximate surface area is 155 Å². The van der Waals surface area contributed by atoms with E-state index in [1.807, 2.05) is 44.3 Å². The maximum Gasteiger partial charge on any atom is 0.255 e. The topological polar surface area (TPSA) is 38.1 Å². The summed E-state index contributed by atoms with van der Waals surface area (Å²) in [6.07, 6.45) is 2.53. The molecule has 0 bridgehead atoms. The Morgan fingerprint density at radius 2 is 1.77 bits per heavy atom. The summed E-state index contributed by atoms with van der Waals surface area (Å²) in [5.74, 6) is 0.0344. The zero-order chi connectivity index (χ0) is 18.7. The first-order chi connectivity index (χ1) is 12.5. The van der Waals surface area contributed by atoms with Crippen molar-refractivity contribution in [3.05, 3.63) is 82.9 Å². The minimum Gasteiger partial charge on any atom is -0.341 e. The maximum atomic E-state index is 13.1. The zero-order valence-corrected chi connectivity index (χ0v) is 15.9. The second-order valence-electron chi connectivity index (χ2n) is 6.77. The molecule has 0 saturated heterocycles. The summed E-state index contributed by atoms with van der Waals surface area (Å²) < 4.78 is 2.14. The molecule has 26 heavy (non-hydrogen) atoms. The maximum absolute atomic E-state index is 13.1. The molecule has 0 atom stereocenters. The third-order valence-corrected chi connectivity index (χ3v) is 4.67. The molecule has 2 heterocycles. The van der Waals surface area contributed by atoms with E-state index in [0.717, 1.165) is 40.3 Å². The molecule has 0 aliphatic carbocycles. The van der Waals surface area contributed by atoms with Crippen LogP contribution in [0.4, 0.5) is 0 Å². The lowest BCUT2D eigenvalue weighted by molar-refractivity contribution is 0.0796. The van der Waals surface area contributed by atoms with Crippen molar-refractivity contribution in [3.63, 3.8) is 0 Å². The van der Waals surface area contributed by atoms with Crippen molar-refractivity contribution in [1.29, 1.82) is 0 Å². The summed E-state index contributed by atoms with van der Waals surface area (Å²) in [5, 5.41) is 0. The number of rotatable bonds is 5. The fraction of sp³-hybridized carbons (Fsp3) is 0.273. The molecule has 1 amide bonds.